The van der Waals surface area contributed by atoms with Crippen LogP contribution in [0.1, 0.15) is 25.6 Å². The minimum absolute atomic E-state index is 0.590. The average molecular weight is 338 g/mol. The number of aromatic amines is 1. The highest BCUT2D eigenvalue weighted by Gasteiger charge is 2.15. The minimum Gasteiger partial charge on any atom is -0.493 e. The molecule has 130 valence electrons. The second-order valence-corrected chi connectivity index (χ2v) is 6.59. The lowest BCUT2D eigenvalue weighted by molar-refractivity contribution is 0.0497. The average Bonchev–Trinajstić information content (AvgIpc) is 3.30. The van der Waals surface area contributed by atoms with Gasteiger partial charge in [0.15, 0.2) is 11.6 Å². The SMILES string of the molecule is CC1=CC(c2nc(-c3ccc(OCC4CCOCC4)cc3)n[nH]2)=NC1. The Morgan fingerprint density at radius 2 is 2.00 bits per heavy atom. The molecule has 0 bridgehead atoms. The van der Waals surface area contributed by atoms with E-state index < -0.39 is 0 Å². The third-order valence-electron chi connectivity index (χ3n) is 4.55. The third kappa shape index (κ3) is 3.79. The van der Waals surface area contributed by atoms with Crippen molar-refractivity contribution in [3.8, 4) is 17.1 Å². The summed E-state index contributed by atoms with van der Waals surface area (Å²) in [4.78, 5) is 8.99. The maximum atomic E-state index is 5.90. The van der Waals surface area contributed by atoms with Gasteiger partial charge in [-0.2, -0.15) is 5.10 Å². The zero-order valence-electron chi connectivity index (χ0n) is 14.4. The molecule has 1 aromatic carbocycles. The smallest absolute Gasteiger partial charge is 0.181 e. The number of nitrogens with one attached hydrogen (secondary N) is 1. The fourth-order valence-electron chi connectivity index (χ4n) is 3.01. The second-order valence-electron chi connectivity index (χ2n) is 6.59. The van der Waals surface area contributed by atoms with Crippen LogP contribution in [-0.4, -0.2) is 47.3 Å². The summed E-state index contributed by atoms with van der Waals surface area (Å²) in [7, 11) is 0. The molecule has 0 saturated carbocycles. The lowest BCUT2D eigenvalue weighted by atomic mass is 10.0. The summed E-state index contributed by atoms with van der Waals surface area (Å²) < 4.78 is 11.3. The van der Waals surface area contributed by atoms with Gasteiger partial charge in [-0.3, -0.25) is 10.1 Å². The Bertz CT molecular complexity index is 786. The van der Waals surface area contributed by atoms with E-state index in [0.717, 1.165) is 56.2 Å². The molecule has 6 heteroatoms. The van der Waals surface area contributed by atoms with E-state index >= 15 is 0 Å². The van der Waals surface area contributed by atoms with Crippen molar-refractivity contribution in [1.82, 2.24) is 15.2 Å². The number of rotatable bonds is 5. The molecule has 0 radical (unpaired) electrons. The first kappa shape index (κ1) is 16.0. The van der Waals surface area contributed by atoms with E-state index in [1.165, 1.54) is 5.57 Å². The van der Waals surface area contributed by atoms with Crippen LogP contribution in [0.15, 0.2) is 40.9 Å². The van der Waals surface area contributed by atoms with Crippen LogP contribution in [0.3, 0.4) is 0 Å². The molecule has 3 heterocycles. The summed E-state index contributed by atoms with van der Waals surface area (Å²) in [6, 6.07) is 7.93. The van der Waals surface area contributed by atoms with Crippen molar-refractivity contribution in [1.29, 1.82) is 0 Å². The number of hydrogen-bond donors (Lipinski definition) is 1. The van der Waals surface area contributed by atoms with Crippen molar-refractivity contribution in [2.75, 3.05) is 26.4 Å². The molecule has 0 aliphatic carbocycles. The summed E-state index contributed by atoms with van der Waals surface area (Å²) in [5, 5.41) is 7.27. The first-order valence-corrected chi connectivity index (χ1v) is 8.73. The van der Waals surface area contributed by atoms with Crippen LogP contribution in [0.4, 0.5) is 0 Å². The van der Waals surface area contributed by atoms with Gasteiger partial charge in [0.25, 0.3) is 0 Å². The van der Waals surface area contributed by atoms with Crippen LogP contribution in [0, 0.1) is 5.92 Å². The van der Waals surface area contributed by atoms with Crippen molar-refractivity contribution in [3.63, 3.8) is 0 Å². The molecule has 2 aliphatic heterocycles. The topological polar surface area (TPSA) is 72.4 Å². The summed E-state index contributed by atoms with van der Waals surface area (Å²) in [5.41, 5.74) is 3.06. The largest absolute Gasteiger partial charge is 0.493 e. The highest BCUT2D eigenvalue weighted by atomic mass is 16.5. The number of ether oxygens (including phenoxy) is 2. The zero-order chi connectivity index (χ0) is 17.1. The number of H-pyrrole nitrogens is 1. The standard InChI is InChI=1S/C19H22N4O2/c1-13-10-17(20-11-13)19-21-18(22-23-19)15-2-4-16(5-3-15)25-12-14-6-8-24-9-7-14/h2-5,10,14H,6-9,11-12H2,1H3,(H,21,22,23). The lowest BCUT2D eigenvalue weighted by Gasteiger charge is -2.22. The third-order valence-corrected chi connectivity index (χ3v) is 4.55. The molecule has 2 aromatic rings. The Balaban J connectivity index is 1.39. The number of benzene rings is 1. The Morgan fingerprint density at radius 3 is 2.72 bits per heavy atom. The molecule has 1 saturated heterocycles. The van der Waals surface area contributed by atoms with Crippen molar-refractivity contribution in [2.45, 2.75) is 19.8 Å². The molecule has 2 aliphatic rings. The van der Waals surface area contributed by atoms with Crippen molar-refractivity contribution in [2.24, 2.45) is 10.9 Å². The summed E-state index contributed by atoms with van der Waals surface area (Å²) >= 11 is 0. The van der Waals surface area contributed by atoms with E-state index in [2.05, 4.69) is 27.1 Å². The highest BCUT2D eigenvalue weighted by molar-refractivity contribution is 6.08. The lowest BCUT2D eigenvalue weighted by Crippen LogP contribution is -2.21. The number of hydrogen-bond acceptors (Lipinski definition) is 5. The van der Waals surface area contributed by atoms with Gasteiger partial charge in [0.2, 0.25) is 0 Å². The maximum absolute atomic E-state index is 5.90. The summed E-state index contributed by atoms with van der Waals surface area (Å²) in [6.45, 7) is 5.25. The van der Waals surface area contributed by atoms with Gasteiger partial charge in [-0.1, -0.05) is 0 Å². The van der Waals surface area contributed by atoms with E-state index in [1.54, 1.807) is 0 Å². The molecule has 0 amide bonds. The van der Waals surface area contributed by atoms with Crippen LogP contribution in [0.25, 0.3) is 11.4 Å². The van der Waals surface area contributed by atoms with Crippen LogP contribution in [0.2, 0.25) is 0 Å². The fourth-order valence-corrected chi connectivity index (χ4v) is 3.01. The first-order chi connectivity index (χ1) is 12.3. The monoisotopic (exact) mass is 338 g/mol. The number of allylic oxidation sites excluding steroid dienone is 1. The molecule has 0 unspecified atom stereocenters. The molecular weight excluding hydrogens is 316 g/mol. The Morgan fingerprint density at radius 1 is 1.20 bits per heavy atom. The Kier molecular flexibility index (Phi) is 4.61. The molecule has 0 atom stereocenters. The van der Waals surface area contributed by atoms with Gasteiger partial charge in [0, 0.05) is 18.8 Å². The van der Waals surface area contributed by atoms with Crippen molar-refractivity contribution >= 4 is 5.71 Å². The van der Waals surface area contributed by atoms with Gasteiger partial charge in [-0.05, 0) is 61.6 Å². The van der Waals surface area contributed by atoms with Crippen molar-refractivity contribution in [3.05, 3.63) is 41.7 Å². The van der Waals surface area contributed by atoms with Gasteiger partial charge >= 0.3 is 0 Å². The Labute approximate surface area is 147 Å². The normalized spacial score (nSPS) is 18.1. The summed E-state index contributed by atoms with van der Waals surface area (Å²) in [6.07, 6.45) is 4.20. The molecule has 6 nitrogen and oxygen atoms in total. The maximum Gasteiger partial charge on any atom is 0.181 e. The predicted octanol–water partition coefficient (Wildman–Crippen LogP) is 3.03. The number of aliphatic imine (C=N–C) groups is 1. The number of aromatic nitrogens is 3. The second kappa shape index (κ2) is 7.19. The van der Waals surface area contributed by atoms with Gasteiger partial charge in [0.05, 0.1) is 13.2 Å². The molecule has 1 fully saturated rings. The zero-order valence-corrected chi connectivity index (χ0v) is 14.4. The van der Waals surface area contributed by atoms with Gasteiger partial charge in [0.1, 0.15) is 11.5 Å². The molecule has 1 aromatic heterocycles. The van der Waals surface area contributed by atoms with E-state index in [1.807, 2.05) is 30.3 Å². The van der Waals surface area contributed by atoms with E-state index in [4.69, 9.17) is 9.47 Å². The molecular formula is C19H22N4O2. The van der Waals surface area contributed by atoms with Crippen LogP contribution < -0.4 is 4.74 Å². The first-order valence-electron chi connectivity index (χ1n) is 8.73. The molecule has 4 rings (SSSR count). The van der Waals surface area contributed by atoms with E-state index in [0.29, 0.717) is 17.6 Å². The van der Waals surface area contributed by atoms with E-state index in [-0.39, 0.29) is 0 Å². The van der Waals surface area contributed by atoms with Gasteiger partial charge in [-0.25, -0.2) is 4.98 Å². The Hall–Kier alpha value is -2.47. The quantitative estimate of drug-likeness (QED) is 0.909. The number of nitrogens with zero attached hydrogens (tertiary/aromatic N) is 3. The van der Waals surface area contributed by atoms with Crippen LogP contribution in [0.5, 0.6) is 5.75 Å². The van der Waals surface area contributed by atoms with Crippen LogP contribution in [-0.2, 0) is 4.74 Å². The van der Waals surface area contributed by atoms with E-state index in [9.17, 15) is 0 Å². The van der Waals surface area contributed by atoms with Crippen LogP contribution >= 0.6 is 0 Å². The predicted molar refractivity (Wildman–Crippen MR) is 96.0 cm³/mol. The highest BCUT2D eigenvalue weighted by Crippen LogP contribution is 2.22. The van der Waals surface area contributed by atoms with Crippen molar-refractivity contribution < 1.29 is 9.47 Å². The summed E-state index contributed by atoms with van der Waals surface area (Å²) in [5.74, 6) is 2.86. The molecule has 25 heavy (non-hydrogen) atoms. The van der Waals surface area contributed by atoms with Gasteiger partial charge < -0.3 is 9.47 Å². The fraction of sp³-hybridized carbons (Fsp3) is 0.421. The minimum atomic E-state index is 0.590. The van der Waals surface area contributed by atoms with Gasteiger partial charge in [-0.15, -0.1) is 0 Å². The molecule has 1 N–H and O–H groups in total. The molecule has 0 spiro atoms.